The maximum absolute atomic E-state index is 11.2. The van der Waals surface area contributed by atoms with Crippen LogP contribution in [0.5, 0.6) is 0 Å². The molecule has 1 aliphatic heterocycles. The lowest BCUT2D eigenvalue weighted by molar-refractivity contribution is 0.291. The van der Waals surface area contributed by atoms with Gasteiger partial charge in [0.1, 0.15) is 0 Å². The summed E-state index contributed by atoms with van der Waals surface area (Å²) in [4.78, 5) is 0. The van der Waals surface area contributed by atoms with E-state index in [1.165, 1.54) is 42.8 Å². The molecule has 0 fully saturated rings. The molecule has 1 N–H and O–H groups in total. The molecule has 1 atom stereocenters. The molecule has 1 unspecified atom stereocenters. The Hall–Kier alpha value is -0.710. The lowest BCUT2D eigenvalue weighted by atomic mass is 10.1. The summed E-state index contributed by atoms with van der Waals surface area (Å²) in [5, 5.41) is 9.33. The van der Waals surface area contributed by atoms with Crippen molar-refractivity contribution in [3.05, 3.63) is 12.1 Å². The van der Waals surface area contributed by atoms with Gasteiger partial charge in [-0.1, -0.05) is 51.9 Å². The highest BCUT2D eigenvalue weighted by Crippen LogP contribution is 2.16. The van der Waals surface area contributed by atoms with Crippen LogP contribution in [-0.4, -0.2) is 20.2 Å². The normalized spacial score (nSPS) is 19.2. The minimum absolute atomic E-state index is 0.0220. The third kappa shape index (κ3) is 5.44. The highest BCUT2D eigenvalue weighted by atomic mass is 32.2. The lowest BCUT2D eigenvalue weighted by Gasteiger charge is -2.12. The molecule has 4 nitrogen and oxygen atoms in total. The molecule has 0 bridgehead atoms. The van der Waals surface area contributed by atoms with Gasteiger partial charge in [0.15, 0.2) is 6.26 Å². The zero-order valence-corrected chi connectivity index (χ0v) is 11.4. The second-order valence-electron chi connectivity index (χ2n) is 4.37. The highest BCUT2D eigenvalue weighted by molar-refractivity contribution is 7.78. The monoisotopic (exact) mass is 261 g/mol. The minimum Gasteiger partial charge on any atom is -0.492 e. The Morgan fingerprint density at radius 3 is 2.29 bits per heavy atom. The summed E-state index contributed by atoms with van der Waals surface area (Å²) >= 11 is -1.51. The van der Waals surface area contributed by atoms with Crippen LogP contribution in [0.1, 0.15) is 58.3 Å². The summed E-state index contributed by atoms with van der Waals surface area (Å²) in [7, 11) is 0. The van der Waals surface area contributed by atoms with Crippen LogP contribution in [0, 0.1) is 0 Å². The molecule has 0 amide bonds. The van der Waals surface area contributed by atoms with Crippen molar-refractivity contribution in [1.29, 1.82) is 0 Å². The van der Waals surface area contributed by atoms with Gasteiger partial charge >= 0.3 is 11.3 Å². The number of aliphatic hydroxyl groups excluding tert-OH is 1. The summed E-state index contributed by atoms with van der Waals surface area (Å²) in [5.74, 6) is -0.0220. The van der Waals surface area contributed by atoms with Gasteiger partial charge in [-0.2, -0.15) is 4.21 Å². The van der Waals surface area contributed by atoms with Crippen molar-refractivity contribution in [2.45, 2.75) is 58.3 Å². The van der Waals surface area contributed by atoms with Crippen LogP contribution < -0.4 is 0 Å². The largest absolute Gasteiger partial charge is 0.492 e. The first kappa shape index (κ1) is 14.4. The third-order valence-corrected chi connectivity index (χ3v) is 3.88. The van der Waals surface area contributed by atoms with E-state index in [2.05, 4.69) is 11.1 Å². The van der Waals surface area contributed by atoms with E-state index in [9.17, 15) is 9.32 Å². The summed E-state index contributed by atoms with van der Waals surface area (Å²) < 4.78 is 17.3. The van der Waals surface area contributed by atoms with Crippen LogP contribution in [0.15, 0.2) is 12.1 Å². The van der Waals surface area contributed by atoms with E-state index in [0.29, 0.717) is 6.54 Å². The molecule has 17 heavy (non-hydrogen) atoms. The average Bonchev–Trinajstić information content (AvgIpc) is 2.63. The van der Waals surface area contributed by atoms with Crippen molar-refractivity contribution >= 4 is 11.3 Å². The lowest BCUT2D eigenvalue weighted by Crippen LogP contribution is -2.22. The Morgan fingerprint density at radius 2 is 1.76 bits per heavy atom. The van der Waals surface area contributed by atoms with Crippen LogP contribution in [0.4, 0.5) is 0 Å². The molecule has 1 rings (SSSR count). The molecule has 0 aromatic carbocycles. The Balaban J connectivity index is 1.94. The average molecular weight is 261 g/mol. The second-order valence-corrected chi connectivity index (χ2v) is 5.43. The van der Waals surface area contributed by atoms with Crippen molar-refractivity contribution in [3.8, 4) is 0 Å². The van der Waals surface area contributed by atoms with Gasteiger partial charge in [0.25, 0.3) is 0 Å². The van der Waals surface area contributed by atoms with E-state index in [1.807, 2.05) is 0 Å². The van der Waals surface area contributed by atoms with Crippen LogP contribution in [0.3, 0.4) is 0 Å². The van der Waals surface area contributed by atoms with Crippen molar-refractivity contribution in [1.82, 2.24) is 4.31 Å². The van der Waals surface area contributed by atoms with E-state index in [1.54, 1.807) is 0 Å². The molecule has 100 valence electrons. The van der Waals surface area contributed by atoms with Crippen LogP contribution >= 0.6 is 0 Å². The maximum atomic E-state index is 11.2. The van der Waals surface area contributed by atoms with Crippen molar-refractivity contribution in [3.63, 3.8) is 0 Å². The highest BCUT2D eigenvalue weighted by Gasteiger charge is 2.23. The maximum Gasteiger partial charge on any atom is 0.320 e. The van der Waals surface area contributed by atoms with Crippen LogP contribution in [0.2, 0.25) is 0 Å². The smallest absolute Gasteiger partial charge is 0.320 e. The SMILES string of the molecule is CCCCCCCCCCN1C(O)=COS1=O. The van der Waals surface area contributed by atoms with Crippen LogP contribution in [0.25, 0.3) is 0 Å². The summed E-state index contributed by atoms with van der Waals surface area (Å²) in [6.07, 6.45) is 11.0. The first-order chi connectivity index (χ1) is 8.25. The fourth-order valence-electron chi connectivity index (χ4n) is 1.85. The standard InChI is InChI=1S/C12H23NO3S/c1-2-3-4-5-6-7-8-9-10-13-12(14)11-16-17(13)15/h11,14H,2-10H2,1H3. The quantitative estimate of drug-likeness (QED) is 0.647. The number of unbranched alkanes of at least 4 members (excludes halogenated alkanes) is 7. The molecule has 0 aromatic heterocycles. The van der Waals surface area contributed by atoms with Gasteiger partial charge in [-0.05, 0) is 6.42 Å². The van der Waals surface area contributed by atoms with E-state index >= 15 is 0 Å². The van der Waals surface area contributed by atoms with E-state index in [4.69, 9.17) is 0 Å². The number of aliphatic hydroxyl groups is 1. The first-order valence-corrected chi connectivity index (χ1v) is 7.54. The Bertz CT molecular complexity index is 268. The number of hydrogen-bond donors (Lipinski definition) is 1. The van der Waals surface area contributed by atoms with Gasteiger partial charge in [0.05, 0.1) is 0 Å². The predicted octanol–water partition coefficient (Wildman–Crippen LogP) is 3.39. The molecule has 0 saturated carbocycles. The van der Waals surface area contributed by atoms with Gasteiger partial charge in [-0.25, -0.2) is 4.31 Å². The first-order valence-electron chi connectivity index (χ1n) is 6.51. The van der Waals surface area contributed by atoms with E-state index in [0.717, 1.165) is 19.1 Å². The molecule has 0 spiro atoms. The third-order valence-electron chi connectivity index (χ3n) is 2.89. The molecule has 1 aliphatic rings. The Kier molecular flexibility index (Phi) is 7.08. The predicted molar refractivity (Wildman–Crippen MR) is 69.3 cm³/mol. The fourth-order valence-corrected chi connectivity index (χ4v) is 2.60. The zero-order valence-electron chi connectivity index (χ0n) is 10.6. The van der Waals surface area contributed by atoms with Gasteiger partial charge in [0.2, 0.25) is 5.88 Å². The molecule has 0 saturated heterocycles. The zero-order chi connectivity index (χ0) is 12.5. The number of hydrogen-bond acceptors (Lipinski definition) is 3. The van der Waals surface area contributed by atoms with Crippen LogP contribution in [-0.2, 0) is 15.4 Å². The topological polar surface area (TPSA) is 49.8 Å². The minimum atomic E-state index is -1.51. The molecule has 0 radical (unpaired) electrons. The Morgan fingerprint density at radius 1 is 1.18 bits per heavy atom. The van der Waals surface area contributed by atoms with E-state index < -0.39 is 11.3 Å². The summed E-state index contributed by atoms with van der Waals surface area (Å²) in [6, 6.07) is 0. The van der Waals surface area contributed by atoms with Crippen molar-refractivity contribution in [2.24, 2.45) is 0 Å². The van der Waals surface area contributed by atoms with Gasteiger partial charge in [0, 0.05) is 6.54 Å². The van der Waals surface area contributed by atoms with Crippen molar-refractivity contribution in [2.75, 3.05) is 6.54 Å². The fraction of sp³-hybridized carbons (Fsp3) is 0.833. The van der Waals surface area contributed by atoms with Gasteiger partial charge < -0.3 is 9.29 Å². The number of nitrogens with zero attached hydrogens (tertiary/aromatic N) is 1. The molecular formula is C12H23NO3S. The molecular weight excluding hydrogens is 238 g/mol. The van der Waals surface area contributed by atoms with Gasteiger partial charge in [-0.15, -0.1) is 0 Å². The molecule has 1 heterocycles. The summed E-state index contributed by atoms with van der Waals surface area (Å²) in [6.45, 7) is 2.82. The molecule has 0 aromatic rings. The van der Waals surface area contributed by atoms with Gasteiger partial charge in [-0.3, -0.25) is 0 Å². The molecule has 0 aliphatic carbocycles. The summed E-state index contributed by atoms with van der Waals surface area (Å²) in [5.41, 5.74) is 0. The Labute approximate surface area is 106 Å². The second kappa shape index (κ2) is 8.39. The number of rotatable bonds is 9. The molecule has 5 heteroatoms. The van der Waals surface area contributed by atoms with Crippen molar-refractivity contribution < 1.29 is 13.5 Å². The van der Waals surface area contributed by atoms with E-state index in [-0.39, 0.29) is 5.88 Å².